The van der Waals surface area contributed by atoms with E-state index in [-0.39, 0.29) is 5.82 Å². The van der Waals surface area contributed by atoms with Gasteiger partial charge in [-0.15, -0.1) is 0 Å². The number of halogens is 1. The maximum Gasteiger partial charge on any atom is 0.405 e. The fraction of sp³-hybridized carbons (Fsp3) is 0.125. The van der Waals surface area contributed by atoms with E-state index in [9.17, 15) is 9.18 Å². The molecule has 6 heteroatoms. The van der Waals surface area contributed by atoms with E-state index in [2.05, 4.69) is 10.3 Å². The van der Waals surface area contributed by atoms with Gasteiger partial charge in [0.15, 0.2) is 0 Å². The molecular formula is C16H14FN3O2. The summed E-state index contributed by atoms with van der Waals surface area (Å²) < 4.78 is 15.4. The Hall–Kier alpha value is -2.89. The average molecular weight is 299 g/mol. The van der Waals surface area contributed by atoms with Crippen molar-refractivity contribution in [3.63, 3.8) is 0 Å². The highest BCUT2D eigenvalue weighted by atomic mass is 19.1. The lowest BCUT2D eigenvalue weighted by molar-refractivity contribution is 0.190. The van der Waals surface area contributed by atoms with E-state index in [0.29, 0.717) is 16.9 Å². The van der Waals surface area contributed by atoms with Crippen LogP contribution in [0.2, 0.25) is 0 Å². The van der Waals surface area contributed by atoms with Crippen LogP contribution in [0, 0.1) is 5.82 Å². The monoisotopic (exact) mass is 299 g/mol. The summed E-state index contributed by atoms with van der Waals surface area (Å²) in [4.78, 5) is 15.3. The van der Waals surface area contributed by atoms with Crippen molar-refractivity contribution in [2.75, 3.05) is 0 Å². The predicted molar refractivity (Wildman–Crippen MR) is 80.6 cm³/mol. The Morgan fingerprint density at radius 3 is 2.68 bits per heavy atom. The Bertz CT molecular complexity index is 830. The molecule has 0 saturated heterocycles. The van der Waals surface area contributed by atoms with Crippen molar-refractivity contribution in [1.29, 1.82) is 0 Å². The van der Waals surface area contributed by atoms with Crippen molar-refractivity contribution < 1.29 is 14.3 Å². The van der Waals surface area contributed by atoms with Crippen LogP contribution in [0.15, 0.2) is 48.5 Å². The molecule has 0 aliphatic rings. The molecule has 0 radical (unpaired) electrons. The molecule has 1 atom stereocenters. The van der Waals surface area contributed by atoms with Crippen LogP contribution in [0.1, 0.15) is 18.8 Å². The minimum absolute atomic E-state index is 0.366. The number of amides is 1. The van der Waals surface area contributed by atoms with Gasteiger partial charge >= 0.3 is 6.09 Å². The zero-order valence-corrected chi connectivity index (χ0v) is 11.8. The Morgan fingerprint density at radius 1 is 1.27 bits per heavy atom. The largest absolute Gasteiger partial charge is 0.465 e. The Kier molecular flexibility index (Phi) is 3.50. The van der Waals surface area contributed by atoms with Crippen LogP contribution < -0.4 is 5.32 Å². The van der Waals surface area contributed by atoms with Crippen molar-refractivity contribution in [2.24, 2.45) is 0 Å². The lowest BCUT2D eigenvalue weighted by atomic mass is 10.2. The van der Waals surface area contributed by atoms with Gasteiger partial charge in [0.1, 0.15) is 11.6 Å². The van der Waals surface area contributed by atoms with Gasteiger partial charge < -0.3 is 10.4 Å². The molecule has 112 valence electrons. The van der Waals surface area contributed by atoms with Gasteiger partial charge in [-0.05, 0) is 31.2 Å². The molecule has 0 aliphatic carbocycles. The number of rotatable bonds is 3. The maximum atomic E-state index is 13.6. The molecule has 0 bridgehead atoms. The van der Waals surface area contributed by atoms with Crippen LogP contribution in [-0.2, 0) is 0 Å². The summed E-state index contributed by atoms with van der Waals surface area (Å²) in [6, 6.07) is 13.1. The molecule has 0 spiro atoms. The van der Waals surface area contributed by atoms with Gasteiger partial charge in [-0.25, -0.2) is 14.2 Å². The van der Waals surface area contributed by atoms with Gasteiger partial charge in [-0.1, -0.05) is 18.2 Å². The van der Waals surface area contributed by atoms with E-state index in [0.717, 1.165) is 5.69 Å². The molecule has 0 fully saturated rings. The number of nitrogens with zero attached hydrogens (tertiary/aromatic N) is 2. The summed E-state index contributed by atoms with van der Waals surface area (Å²) in [5.74, 6) is 0.143. The van der Waals surface area contributed by atoms with Crippen LogP contribution in [0.3, 0.4) is 0 Å². The first-order chi connectivity index (χ1) is 10.6. The molecule has 1 heterocycles. The second-order valence-corrected chi connectivity index (χ2v) is 4.95. The van der Waals surface area contributed by atoms with Crippen molar-refractivity contribution in [3.05, 3.63) is 60.2 Å². The summed E-state index contributed by atoms with van der Waals surface area (Å²) >= 11 is 0. The number of aromatic nitrogens is 2. The van der Waals surface area contributed by atoms with Crippen molar-refractivity contribution >= 4 is 17.1 Å². The second kappa shape index (κ2) is 5.48. The van der Waals surface area contributed by atoms with Crippen LogP contribution >= 0.6 is 0 Å². The summed E-state index contributed by atoms with van der Waals surface area (Å²) in [6.45, 7) is 1.70. The topological polar surface area (TPSA) is 67.2 Å². The highest BCUT2D eigenvalue weighted by Gasteiger charge is 2.19. The number of nitrogens with one attached hydrogen (secondary N) is 1. The third kappa shape index (κ3) is 2.50. The van der Waals surface area contributed by atoms with Gasteiger partial charge in [0.25, 0.3) is 0 Å². The number of hydrogen-bond donors (Lipinski definition) is 2. The van der Waals surface area contributed by atoms with E-state index in [4.69, 9.17) is 5.11 Å². The van der Waals surface area contributed by atoms with E-state index < -0.39 is 12.1 Å². The van der Waals surface area contributed by atoms with Crippen LogP contribution in [-0.4, -0.2) is 20.8 Å². The maximum absolute atomic E-state index is 13.6. The first kappa shape index (κ1) is 14.1. The summed E-state index contributed by atoms with van der Waals surface area (Å²) in [5.41, 5.74) is 2.00. The number of benzene rings is 2. The average Bonchev–Trinajstić information content (AvgIpc) is 2.86. The third-order valence-electron chi connectivity index (χ3n) is 3.38. The van der Waals surface area contributed by atoms with Gasteiger partial charge in [0.2, 0.25) is 0 Å². The van der Waals surface area contributed by atoms with Gasteiger partial charge in [-0.2, -0.15) is 0 Å². The molecule has 0 unspecified atom stereocenters. The zero-order chi connectivity index (χ0) is 15.7. The van der Waals surface area contributed by atoms with E-state index in [1.807, 2.05) is 30.3 Å². The lowest BCUT2D eigenvalue weighted by Crippen LogP contribution is -2.26. The van der Waals surface area contributed by atoms with E-state index in [1.165, 1.54) is 12.1 Å². The Balaban J connectivity index is 2.25. The SMILES string of the molecule is C[C@H](NC(=O)O)c1nc2ccc(F)cc2n1-c1ccccc1. The molecular weight excluding hydrogens is 285 g/mol. The number of carboxylic acid groups (broad SMARTS) is 1. The molecule has 1 amide bonds. The highest BCUT2D eigenvalue weighted by Crippen LogP contribution is 2.25. The second-order valence-electron chi connectivity index (χ2n) is 4.95. The van der Waals surface area contributed by atoms with Crippen LogP contribution in [0.25, 0.3) is 16.7 Å². The number of hydrogen-bond acceptors (Lipinski definition) is 2. The molecule has 3 aromatic rings. The fourth-order valence-corrected chi connectivity index (χ4v) is 2.46. The lowest BCUT2D eigenvalue weighted by Gasteiger charge is -2.14. The molecule has 3 rings (SSSR count). The molecule has 0 saturated carbocycles. The fourth-order valence-electron chi connectivity index (χ4n) is 2.46. The smallest absolute Gasteiger partial charge is 0.405 e. The van der Waals surface area contributed by atoms with Crippen molar-refractivity contribution in [2.45, 2.75) is 13.0 Å². The number of para-hydroxylation sites is 1. The minimum atomic E-state index is -1.13. The van der Waals surface area contributed by atoms with Gasteiger partial charge in [-0.3, -0.25) is 4.57 Å². The first-order valence-corrected chi connectivity index (χ1v) is 6.79. The molecule has 2 N–H and O–H groups in total. The van der Waals surface area contributed by atoms with Gasteiger partial charge in [0.05, 0.1) is 17.1 Å². The molecule has 0 aliphatic heterocycles. The van der Waals surface area contributed by atoms with E-state index >= 15 is 0 Å². The van der Waals surface area contributed by atoms with Crippen molar-refractivity contribution in [1.82, 2.24) is 14.9 Å². The van der Waals surface area contributed by atoms with E-state index in [1.54, 1.807) is 17.6 Å². The normalized spacial score (nSPS) is 12.3. The molecule has 22 heavy (non-hydrogen) atoms. The van der Waals surface area contributed by atoms with Gasteiger partial charge in [0, 0.05) is 11.8 Å². The third-order valence-corrected chi connectivity index (χ3v) is 3.38. The summed E-state index contributed by atoms with van der Waals surface area (Å²) in [6.07, 6.45) is -1.13. The highest BCUT2D eigenvalue weighted by molar-refractivity contribution is 5.78. The molecule has 1 aromatic heterocycles. The minimum Gasteiger partial charge on any atom is -0.465 e. The standard InChI is InChI=1S/C16H14FN3O2/c1-10(18-16(21)22)15-19-13-8-7-11(17)9-14(13)20(15)12-5-3-2-4-6-12/h2-10,18H,1H3,(H,21,22)/t10-/m0/s1. The quantitative estimate of drug-likeness (QED) is 0.778. The number of fused-ring (bicyclic) bond motifs is 1. The number of carbonyl (C=O) groups is 1. The summed E-state index contributed by atoms with van der Waals surface area (Å²) in [7, 11) is 0. The summed E-state index contributed by atoms with van der Waals surface area (Å²) in [5, 5.41) is 11.3. The van der Waals surface area contributed by atoms with Crippen molar-refractivity contribution in [3.8, 4) is 5.69 Å². The van der Waals surface area contributed by atoms with Crippen LogP contribution in [0.4, 0.5) is 9.18 Å². The Morgan fingerprint density at radius 2 is 2.00 bits per heavy atom. The van der Waals surface area contributed by atoms with Crippen LogP contribution in [0.5, 0.6) is 0 Å². The molecule has 2 aromatic carbocycles. The first-order valence-electron chi connectivity index (χ1n) is 6.79. The Labute approximate surface area is 126 Å². The number of imidazole rings is 1. The molecule has 5 nitrogen and oxygen atoms in total. The zero-order valence-electron chi connectivity index (χ0n) is 11.8. The predicted octanol–water partition coefficient (Wildman–Crippen LogP) is 3.49.